The van der Waals surface area contributed by atoms with Crippen molar-refractivity contribution in [1.29, 1.82) is 0 Å². The highest BCUT2D eigenvalue weighted by Gasteiger charge is 2.33. The van der Waals surface area contributed by atoms with E-state index in [1.54, 1.807) is 34.2 Å². The number of nitrogens with zero attached hydrogens (tertiary/aromatic N) is 4. The third-order valence-corrected chi connectivity index (χ3v) is 5.49. The number of methoxy groups -OCH3 is 1. The van der Waals surface area contributed by atoms with E-state index >= 15 is 0 Å². The van der Waals surface area contributed by atoms with E-state index in [0.29, 0.717) is 26.2 Å². The van der Waals surface area contributed by atoms with Gasteiger partial charge in [-0.05, 0) is 49.2 Å². The summed E-state index contributed by atoms with van der Waals surface area (Å²) in [6.45, 7) is 2.41. The number of ether oxygens (including phenoxy) is 2. The zero-order valence-corrected chi connectivity index (χ0v) is 17.1. The quantitative estimate of drug-likeness (QED) is 0.731. The second-order valence-corrected chi connectivity index (χ2v) is 7.46. The molecule has 30 heavy (non-hydrogen) atoms. The second kappa shape index (κ2) is 9.02. The summed E-state index contributed by atoms with van der Waals surface area (Å²) >= 11 is 0. The van der Waals surface area contributed by atoms with E-state index in [4.69, 9.17) is 9.47 Å². The largest absolute Gasteiger partial charge is 0.497 e. The lowest BCUT2D eigenvalue weighted by molar-refractivity contribution is -0.134. The van der Waals surface area contributed by atoms with Crippen molar-refractivity contribution < 1.29 is 19.1 Å². The molecule has 0 aliphatic carbocycles. The number of likely N-dealkylation sites (tertiary alicyclic amines) is 1. The fourth-order valence-corrected chi connectivity index (χ4v) is 3.86. The van der Waals surface area contributed by atoms with Gasteiger partial charge in [0.15, 0.2) is 0 Å². The Morgan fingerprint density at radius 2 is 1.83 bits per heavy atom. The Kier molecular flexibility index (Phi) is 6.02. The van der Waals surface area contributed by atoms with Crippen LogP contribution in [-0.4, -0.2) is 72.7 Å². The number of piperidine rings is 1. The molecule has 158 valence electrons. The highest BCUT2D eigenvalue weighted by molar-refractivity contribution is 5.96. The van der Waals surface area contributed by atoms with Crippen LogP contribution in [0.4, 0.5) is 10.5 Å². The topological polar surface area (TPSA) is 75.2 Å². The molecule has 2 aliphatic heterocycles. The summed E-state index contributed by atoms with van der Waals surface area (Å²) in [5, 5.41) is 0. The summed E-state index contributed by atoms with van der Waals surface area (Å²) in [5.41, 5.74) is 0.805. The van der Waals surface area contributed by atoms with E-state index in [0.717, 1.165) is 30.0 Å². The molecule has 0 bridgehead atoms. The van der Waals surface area contributed by atoms with E-state index in [1.807, 2.05) is 36.4 Å². The van der Waals surface area contributed by atoms with E-state index in [2.05, 4.69) is 4.98 Å². The molecule has 1 aromatic heterocycles. The lowest BCUT2D eigenvalue weighted by Gasteiger charge is -2.33. The van der Waals surface area contributed by atoms with Gasteiger partial charge in [0, 0.05) is 37.7 Å². The summed E-state index contributed by atoms with van der Waals surface area (Å²) < 4.78 is 11.2. The molecule has 1 unspecified atom stereocenters. The second-order valence-electron chi connectivity index (χ2n) is 7.46. The van der Waals surface area contributed by atoms with Crippen molar-refractivity contribution >= 4 is 17.6 Å². The van der Waals surface area contributed by atoms with Gasteiger partial charge in [-0.25, -0.2) is 4.79 Å². The van der Waals surface area contributed by atoms with Crippen molar-refractivity contribution in [3.05, 3.63) is 48.8 Å². The van der Waals surface area contributed by atoms with Gasteiger partial charge in [-0.1, -0.05) is 0 Å². The number of hydrogen-bond donors (Lipinski definition) is 0. The minimum absolute atomic E-state index is 0.0389. The minimum atomic E-state index is -0.143. The van der Waals surface area contributed by atoms with Crippen LogP contribution < -0.4 is 14.4 Å². The highest BCUT2D eigenvalue weighted by atomic mass is 16.5. The van der Waals surface area contributed by atoms with Crippen LogP contribution in [0.3, 0.4) is 0 Å². The first kappa shape index (κ1) is 20.0. The summed E-state index contributed by atoms with van der Waals surface area (Å²) in [6, 6.07) is 10.9. The van der Waals surface area contributed by atoms with Crippen molar-refractivity contribution in [2.75, 3.05) is 44.7 Å². The molecule has 1 aromatic carbocycles. The van der Waals surface area contributed by atoms with Gasteiger partial charge in [-0.2, -0.15) is 0 Å². The lowest BCUT2D eigenvalue weighted by Crippen LogP contribution is -2.48. The monoisotopic (exact) mass is 410 g/mol. The zero-order chi connectivity index (χ0) is 20.9. The van der Waals surface area contributed by atoms with Crippen LogP contribution in [-0.2, 0) is 4.79 Å². The van der Waals surface area contributed by atoms with Gasteiger partial charge in [-0.3, -0.25) is 14.7 Å². The van der Waals surface area contributed by atoms with E-state index < -0.39 is 0 Å². The van der Waals surface area contributed by atoms with Gasteiger partial charge < -0.3 is 19.3 Å². The summed E-state index contributed by atoms with van der Waals surface area (Å²) in [6.07, 6.45) is 5.12. The number of anilines is 1. The van der Waals surface area contributed by atoms with Crippen molar-refractivity contribution in [3.8, 4) is 11.5 Å². The SMILES string of the molecule is COc1ccc(N2CCN(CC(=O)N3CCCC(Oc4ccncc4)C3)C2=O)cc1. The molecule has 0 N–H and O–H groups in total. The third kappa shape index (κ3) is 4.48. The molecular weight excluding hydrogens is 384 g/mol. The molecule has 2 aromatic rings. The number of aromatic nitrogens is 1. The van der Waals surface area contributed by atoms with Crippen molar-refractivity contribution in [2.24, 2.45) is 0 Å². The maximum atomic E-state index is 12.9. The van der Waals surface area contributed by atoms with Gasteiger partial charge in [0.25, 0.3) is 0 Å². The average Bonchev–Trinajstić information content (AvgIpc) is 3.14. The van der Waals surface area contributed by atoms with Gasteiger partial charge in [0.2, 0.25) is 5.91 Å². The number of benzene rings is 1. The molecular formula is C22H26N4O4. The number of rotatable bonds is 6. The van der Waals surface area contributed by atoms with Crippen LogP contribution in [0.5, 0.6) is 11.5 Å². The molecule has 3 heterocycles. The number of amides is 3. The van der Waals surface area contributed by atoms with Gasteiger partial charge in [0.05, 0.1) is 13.7 Å². The van der Waals surface area contributed by atoms with Crippen molar-refractivity contribution in [2.45, 2.75) is 18.9 Å². The van der Waals surface area contributed by atoms with Gasteiger partial charge in [0.1, 0.15) is 24.1 Å². The van der Waals surface area contributed by atoms with E-state index in [-0.39, 0.29) is 24.6 Å². The Bertz CT molecular complexity index is 874. The molecule has 0 spiro atoms. The number of carbonyl (C=O) groups is 2. The molecule has 0 radical (unpaired) electrons. The van der Waals surface area contributed by atoms with Crippen LogP contribution in [0.25, 0.3) is 0 Å². The molecule has 8 heteroatoms. The Balaban J connectivity index is 1.32. The predicted octanol–water partition coefficient (Wildman–Crippen LogP) is 2.40. The van der Waals surface area contributed by atoms with Crippen LogP contribution in [0, 0.1) is 0 Å². The molecule has 4 rings (SSSR count). The molecule has 8 nitrogen and oxygen atoms in total. The maximum absolute atomic E-state index is 12.9. The van der Waals surface area contributed by atoms with Gasteiger partial charge >= 0.3 is 6.03 Å². The number of urea groups is 1. The summed E-state index contributed by atoms with van der Waals surface area (Å²) in [5.74, 6) is 1.46. The Morgan fingerprint density at radius 1 is 1.07 bits per heavy atom. The average molecular weight is 410 g/mol. The molecule has 0 saturated carbocycles. The highest BCUT2D eigenvalue weighted by Crippen LogP contribution is 2.24. The van der Waals surface area contributed by atoms with E-state index in [9.17, 15) is 9.59 Å². The number of hydrogen-bond acceptors (Lipinski definition) is 5. The molecule has 2 aliphatic rings. The lowest BCUT2D eigenvalue weighted by atomic mass is 10.1. The molecule has 3 amide bonds. The van der Waals surface area contributed by atoms with Crippen molar-refractivity contribution in [1.82, 2.24) is 14.8 Å². The standard InChI is InChI=1S/C22H26N4O4/c1-29-18-6-4-17(5-7-18)26-14-13-25(22(26)28)16-21(27)24-12-2-3-20(15-24)30-19-8-10-23-11-9-19/h4-11,20H,2-3,12-16H2,1H3. The molecule has 1 atom stereocenters. The smallest absolute Gasteiger partial charge is 0.325 e. The normalized spacial score (nSPS) is 19.2. The number of carbonyl (C=O) groups excluding carboxylic acids is 2. The maximum Gasteiger partial charge on any atom is 0.325 e. The Morgan fingerprint density at radius 3 is 2.57 bits per heavy atom. The summed E-state index contributed by atoms with van der Waals surface area (Å²) in [4.78, 5) is 34.8. The van der Waals surface area contributed by atoms with Crippen LogP contribution in [0.1, 0.15) is 12.8 Å². The van der Waals surface area contributed by atoms with Crippen LogP contribution >= 0.6 is 0 Å². The molecule has 2 fully saturated rings. The predicted molar refractivity (Wildman–Crippen MR) is 112 cm³/mol. The zero-order valence-electron chi connectivity index (χ0n) is 17.1. The first-order valence-electron chi connectivity index (χ1n) is 10.2. The van der Waals surface area contributed by atoms with Crippen LogP contribution in [0.2, 0.25) is 0 Å². The fraction of sp³-hybridized carbons (Fsp3) is 0.409. The number of pyridine rings is 1. The first-order valence-corrected chi connectivity index (χ1v) is 10.2. The molecule has 2 saturated heterocycles. The Hall–Kier alpha value is -3.29. The van der Waals surface area contributed by atoms with Gasteiger partial charge in [-0.15, -0.1) is 0 Å². The first-order chi connectivity index (χ1) is 14.6. The summed E-state index contributed by atoms with van der Waals surface area (Å²) in [7, 11) is 1.61. The van der Waals surface area contributed by atoms with E-state index in [1.165, 1.54) is 0 Å². The van der Waals surface area contributed by atoms with Crippen molar-refractivity contribution in [3.63, 3.8) is 0 Å². The third-order valence-electron chi connectivity index (χ3n) is 5.49. The van der Waals surface area contributed by atoms with Crippen LogP contribution in [0.15, 0.2) is 48.8 Å². The Labute approximate surface area is 176 Å². The minimum Gasteiger partial charge on any atom is -0.497 e. The fourth-order valence-electron chi connectivity index (χ4n) is 3.86.